The standard InChI is InChI=1S/C15H18BrN5O/c16-11-7-9-8-18-15(19-12-5-6-17-12)20-13(9)21(14(11)22)10-3-1-2-4-10/h7-8,10,12,17H,1-6H2,(H,18,19,20). The van der Waals surface area contributed by atoms with Crippen LogP contribution in [0, 0.1) is 0 Å². The molecule has 2 aromatic heterocycles. The van der Waals surface area contributed by atoms with E-state index in [1.165, 1.54) is 12.8 Å². The van der Waals surface area contributed by atoms with Crippen LogP contribution in [0.3, 0.4) is 0 Å². The predicted octanol–water partition coefficient (Wildman–Crippen LogP) is 2.40. The highest BCUT2D eigenvalue weighted by Gasteiger charge is 2.23. The van der Waals surface area contributed by atoms with Crippen molar-refractivity contribution in [3.8, 4) is 0 Å². The minimum absolute atomic E-state index is 0.00539. The second-order valence-corrected chi connectivity index (χ2v) is 6.87. The smallest absolute Gasteiger partial charge is 0.266 e. The molecule has 0 radical (unpaired) electrons. The van der Waals surface area contributed by atoms with E-state index < -0.39 is 0 Å². The largest absolute Gasteiger partial charge is 0.339 e. The highest BCUT2D eigenvalue weighted by Crippen LogP contribution is 2.31. The Morgan fingerprint density at radius 3 is 2.77 bits per heavy atom. The fourth-order valence-electron chi connectivity index (χ4n) is 3.22. The number of halogens is 1. The number of pyridine rings is 1. The first-order valence-corrected chi connectivity index (χ1v) is 8.59. The normalized spacial score (nSPS) is 22.0. The molecule has 1 atom stereocenters. The number of nitrogens with zero attached hydrogens (tertiary/aromatic N) is 3. The Kier molecular flexibility index (Phi) is 3.62. The molecule has 4 rings (SSSR count). The molecule has 22 heavy (non-hydrogen) atoms. The maximum absolute atomic E-state index is 12.6. The molecule has 2 aliphatic rings. The Hall–Kier alpha value is -1.47. The van der Waals surface area contributed by atoms with Crippen LogP contribution in [0.4, 0.5) is 5.95 Å². The number of anilines is 1. The van der Waals surface area contributed by atoms with Gasteiger partial charge in [0, 0.05) is 24.2 Å². The van der Waals surface area contributed by atoms with Gasteiger partial charge >= 0.3 is 0 Å². The summed E-state index contributed by atoms with van der Waals surface area (Å²) in [6.07, 6.45) is 7.53. The molecule has 1 unspecified atom stereocenters. The van der Waals surface area contributed by atoms with Crippen LogP contribution in [-0.2, 0) is 0 Å². The summed E-state index contributed by atoms with van der Waals surface area (Å²) in [5.41, 5.74) is 0.739. The van der Waals surface area contributed by atoms with Gasteiger partial charge in [-0.1, -0.05) is 12.8 Å². The Morgan fingerprint density at radius 1 is 1.32 bits per heavy atom. The second-order valence-electron chi connectivity index (χ2n) is 6.02. The van der Waals surface area contributed by atoms with Crippen LogP contribution in [0.1, 0.15) is 38.1 Å². The predicted molar refractivity (Wildman–Crippen MR) is 89.0 cm³/mol. The van der Waals surface area contributed by atoms with Gasteiger partial charge in [0.2, 0.25) is 5.95 Å². The quantitative estimate of drug-likeness (QED) is 0.875. The lowest BCUT2D eigenvalue weighted by Gasteiger charge is -2.28. The molecule has 1 aliphatic heterocycles. The molecular weight excluding hydrogens is 346 g/mol. The lowest BCUT2D eigenvalue weighted by molar-refractivity contribution is 0.407. The second kappa shape index (κ2) is 5.62. The van der Waals surface area contributed by atoms with Gasteiger partial charge in [-0.25, -0.2) is 4.98 Å². The minimum Gasteiger partial charge on any atom is -0.339 e. The molecule has 7 heteroatoms. The molecule has 116 valence electrons. The lowest BCUT2D eigenvalue weighted by atomic mass is 10.2. The third kappa shape index (κ3) is 2.42. The fourth-order valence-corrected chi connectivity index (χ4v) is 3.66. The van der Waals surface area contributed by atoms with E-state index in [-0.39, 0.29) is 17.8 Å². The van der Waals surface area contributed by atoms with Gasteiger partial charge in [-0.2, -0.15) is 4.98 Å². The third-order valence-electron chi connectivity index (χ3n) is 4.55. The van der Waals surface area contributed by atoms with Crippen LogP contribution >= 0.6 is 15.9 Å². The van der Waals surface area contributed by atoms with Gasteiger partial charge in [0.15, 0.2) is 0 Å². The highest BCUT2D eigenvalue weighted by atomic mass is 79.9. The average Bonchev–Trinajstić information content (AvgIpc) is 2.98. The van der Waals surface area contributed by atoms with Gasteiger partial charge in [0.25, 0.3) is 5.56 Å². The molecular formula is C15H18BrN5O. The van der Waals surface area contributed by atoms with Crippen LogP contribution in [0.25, 0.3) is 11.0 Å². The zero-order valence-electron chi connectivity index (χ0n) is 12.2. The summed E-state index contributed by atoms with van der Waals surface area (Å²) in [4.78, 5) is 21.6. The van der Waals surface area contributed by atoms with Crippen molar-refractivity contribution in [1.82, 2.24) is 19.9 Å². The topological polar surface area (TPSA) is 71.8 Å². The summed E-state index contributed by atoms with van der Waals surface area (Å²) in [7, 11) is 0. The van der Waals surface area contributed by atoms with Gasteiger partial charge in [-0.15, -0.1) is 0 Å². The fraction of sp³-hybridized carbons (Fsp3) is 0.533. The number of rotatable bonds is 3. The van der Waals surface area contributed by atoms with E-state index in [2.05, 4.69) is 36.5 Å². The molecule has 0 spiro atoms. The van der Waals surface area contributed by atoms with Gasteiger partial charge in [0.05, 0.1) is 10.6 Å². The number of hydrogen-bond donors (Lipinski definition) is 2. The Bertz CT molecular complexity index is 764. The van der Waals surface area contributed by atoms with E-state index in [4.69, 9.17) is 0 Å². The number of fused-ring (bicyclic) bond motifs is 1. The van der Waals surface area contributed by atoms with Gasteiger partial charge < -0.3 is 5.32 Å². The van der Waals surface area contributed by atoms with Crippen LogP contribution in [-0.4, -0.2) is 27.2 Å². The molecule has 1 saturated heterocycles. The summed E-state index contributed by atoms with van der Waals surface area (Å²) in [5, 5.41) is 7.42. The lowest BCUT2D eigenvalue weighted by Crippen LogP contribution is -2.48. The Morgan fingerprint density at radius 2 is 2.09 bits per heavy atom. The highest BCUT2D eigenvalue weighted by molar-refractivity contribution is 9.10. The van der Waals surface area contributed by atoms with Crippen molar-refractivity contribution >= 4 is 32.9 Å². The molecule has 2 N–H and O–H groups in total. The summed E-state index contributed by atoms with van der Waals surface area (Å²) in [6, 6.07) is 2.06. The van der Waals surface area contributed by atoms with E-state index >= 15 is 0 Å². The number of nitrogens with one attached hydrogen (secondary N) is 2. The molecule has 6 nitrogen and oxygen atoms in total. The third-order valence-corrected chi connectivity index (χ3v) is 5.11. The van der Waals surface area contributed by atoms with Gasteiger partial charge in [-0.3, -0.25) is 14.7 Å². The first kappa shape index (κ1) is 14.1. The average molecular weight is 364 g/mol. The molecule has 0 amide bonds. The van der Waals surface area contributed by atoms with Crippen molar-refractivity contribution < 1.29 is 0 Å². The zero-order chi connectivity index (χ0) is 15.1. The van der Waals surface area contributed by atoms with E-state index in [0.29, 0.717) is 10.4 Å². The minimum atomic E-state index is 0.00539. The van der Waals surface area contributed by atoms with E-state index in [9.17, 15) is 4.79 Å². The van der Waals surface area contributed by atoms with Crippen LogP contribution in [0.15, 0.2) is 21.5 Å². The first-order valence-electron chi connectivity index (χ1n) is 7.80. The maximum atomic E-state index is 12.6. The molecule has 3 heterocycles. The van der Waals surface area contributed by atoms with Crippen molar-refractivity contribution in [3.63, 3.8) is 0 Å². The number of hydrogen-bond acceptors (Lipinski definition) is 5. The van der Waals surface area contributed by atoms with E-state index in [1.54, 1.807) is 6.20 Å². The van der Waals surface area contributed by atoms with E-state index in [0.717, 1.165) is 36.8 Å². The van der Waals surface area contributed by atoms with Gasteiger partial charge in [-0.05, 0) is 41.3 Å². The summed E-state index contributed by atoms with van der Waals surface area (Å²) < 4.78 is 2.44. The summed E-state index contributed by atoms with van der Waals surface area (Å²) >= 11 is 3.38. The van der Waals surface area contributed by atoms with Crippen molar-refractivity contribution in [3.05, 3.63) is 27.1 Å². The van der Waals surface area contributed by atoms with Crippen LogP contribution in [0.2, 0.25) is 0 Å². The monoisotopic (exact) mass is 363 g/mol. The number of aromatic nitrogens is 3. The molecule has 0 bridgehead atoms. The molecule has 2 fully saturated rings. The van der Waals surface area contributed by atoms with Crippen molar-refractivity contribution in [1.29, 1.82) is 0 Å². The molecule has 0 aromatic carbocycles. The molecule has 1 saturated carbocycles. The Balaban J connectivity index is 1.83. The zero-order valence-corrected chi connectivity index (χ0v) is 13.8. The molecule has 2 aromatic rings. The van der Waals surface area contributed by atoms with Crippen LogP contribution < -0.4 is 16.2 Å². The SMILES string of the molecule is O=c1c(Br)cc2cnc(NC3CCN3)nc2n1C1CCCC1. The van der Waals surface area contributed by atoms with Gasteiger partial charge in [0.1, 0.15) is 5.65 Å². The van der Waals surface area contributed by atoms with Crippen LogP contribution in [0.5, 0.6) is 0 Å². The van der Waals surface area contributed by atoms with E-state index in [1.807, 2.05) is 10.6 Å². The summed E-state index contributed by atoms with van der Waals surface area (Å²) in [5.74, 6) is 0.582. The molecule has 1 aliphatic carbocycles. The summed E-state index contributed by atoms with van der Waals surface area (Å²) in [6.45, 7) is 1.02. The van der Waals surface area contributed by atoms with Crippen molar-refractivity contribution in [2.24, 2.45) is 0 Å². The Labute approximate surface area is 136 Å². The van der Waals surface area contributed by atoms with Crippen molar-refractivity contribution in [2.75, 3.05) is 11.9 Å². The van der Waals surface area contributed by atoms with Crippen molar-refractivity contribution in [2.45, 2.75) is 44.3 Å². The first-order chi connectivity index (χ1) is 10.7. The maximum Gasteiger partial charge on any atom is 0.266 e.